The molecule has 1 aromatic rings. The molecule has 0 spiro atoms. The van der Waals surface area contributed by atoms with Crippen molar-refractivity contribution in [2.75, 3.05) is 27.9 Å². The Hall–Kier alpha value is -1.32. The minimum atomic E-state index is -4.04. The summed E-state index contributed by atoms with van der Waals surface area (Å²) < 4.78 is 45.2. The van der Waals surface area contributed by atoms with E-state index in [0.717, 1.165) is 5.56 Å². The van der Waals surface area contributed by atoms with E-state index in [-0.39, 0.29) is 11.5 Å². The van der Waals surface area contributed by atoms with Gasteiger partial charge >= 0.3 is 0 Å². The van der Waals surface area contributed by atoms with E-state index in [1.54, 1.807) is 12.1 Å². The number of hydrogen-bond donors (Lipinski definition) is 0. The number of aryl methyl sites for hydroxylation is 1. The number of aldehydes is 1. The molecule has 130 valence electrons. The molecule has 0 unspecified atom stereocenters. The van der Waals surface area contributed by atoms with Crippen LogP contribution in [0.4, 0.5) is 0 Å². The van der Waals surface area contributed by atoms with Gasteiger partial charge in [-0.25, -0.2) is 0 Å². The molecule has 0 aliphatic rings. The van der Waals surface area contributed by atoms with Crippen molar-refractivity contribution in [2.24, 2.45) is 0 Å². The molecular formula is C15H22O7S. The SMILES string of the molecule is COC[C@@H](OS(=O)(=O)c1ccc(C)cc1)[C@H](OC)[C@H](C=O)OC. The molecule has 0 aromatic heterocycles. The third kappa shape index (κ3) is 5.36. The van der Waals surface area contributed by atoms with Gasteiger partial charge in [-0.1, -0.05) is 17.7 Å². The van der Waals surface area contributed by atoms with Crippen LogP contribution >= 0.6 is 0 Å². The van der Waals surface area contributed by atoms with Crippen molar-refractivity contribution in [1.82, 2.24) is 0 Å². The van der Waals surface area contributed by atoms with Crippen LogP contribution in [0.15, 0.2) is 29.2 Å². The van der Waals surface area contributed by atoms with Crippen LogP contribution in [0.1, 0.15) is 5.56 Å². The Morgan fingerprint density at radius 1 is 1.09 bits per heavy atom. The second kappa shape index (κ2) is 9.09. The van der Waals surface area contributed by atoms with Gasteiger partial charge in [0.25, 0.3) is 10.1 Å². The Morgan fingerprint density at radius 3 is 2.13 bits per heavy atom. The average molecular weight is 346 g/mol. The highest BCUT2D eigenvalue weighted by atomic mass is 32.2. The lowest BCUT2D eigenvalue weighted by atomic mass is 10.1. The van der Waals surface area contributed by atoms with Crippen LogP contribution in [0, 0.1) is 6.92 Å². The summed E-state index contributed by atoms with van der Waals surface area (Å²) in [7, 11) is 0.0190. The summed E-state index contributed by atoms with van der Waals surface area (Å²) in [6.45, 7) is 1.76. The van der Waals surface area contributed by atoms with Gasteiger partial charge in [-0.2, -0.15) is 8.42 Å². The van der Waals surface area contributed by atoms with Crippen LogP contribution < -0.4 is 0 Å². The molecule has 0 bridgehead atoms. The second-order valence-electron chi connectivity index (χ2n) is 4.89. The summed E-state index contributed by atoms with van der Waals surface area (Å²) in [5.74, 6) is 0. The zero-order valence-corrected chi connectivity index (χ0v) is 14.4. The molecule has 0 saturated heterocycles. The molecule has 23 heavy (non-hydrogen) atoms. The standard InChI is InChI=1S/C15H22O7S/c1-11-5-7-12(8-6-11)23(17,18)22-14(10-19-2)15(21-4)13(9-16)20-3/h5-9,13-15H,10H2,1-4H3/t13-,14+,15+/m0/s1. The first-order valence-electron chi connectivity index (χ1n) is 6.89. The van der Waals surface area contributed by atoms with E-state index in [2.05, 4.69) is 0 Å². The van der Waals surface area contributed by atoms with Crippen molar-refractivity contribution in [3.05, 3.63) is 29.8 Å². The highest BCUT2D eigenvalue weighted by Gasteiger charge is 2.34. The molecule has 7 nitrogen and oxygen atoms in total. The fraction of sp³-hybridized carbons (Fsp3) is 0.533. The first-order valence-corrected chi connectivity index (χ1v) is 8.30. The highest BCUT2D eigenvalue weighted by molar-refractivity contribution is 7.86. The molecular weight excluding hydrogens is 324 g/mol. The average Bonchev–Trinajstić information content (AvgIpc) is 2.52. The molecule has 0 N–H and O–H groups in total. The molecule has 3 atom stereocenters. The first kappa shape index (κ1) is 19.7. The summed E-state index contributed by atoms with van der Waals surface area (Å²) in [5, 5.41) is 0. The lowest BCUT2D eigenvalue weighted by molar-refractivity contribution is -0.135. The number of rotatable bonds is 10. The summed E-state index contributed by atoms with van der Waals surface area (Å²) in [5.41, 5.74) is 0.924. The van der Waals surface area contributed by atoms with Gasteiger partial charge in [0.15, 0.2) is 6.29 Å². The number of carbonyl (C=O) groups is 1. The normalized spacial score (nSPS) is 15.8. The van der Waals surface area contributed by atoms with Crippen LogP contribution in [0.3, 0.4) is 0 Å². The number of methoxy groups -OCH3 is 3. The van der Waals surface area contributed by atoms with Gasteiger partial charge in [-0.15, -0.1) is 0 Å². The van der Waals surface area contributed by atoms with E-state index < -0.39 is 28.4 Å². The predicted molar refractivity (Wildman–Crippen MR) is 82.8 cm³/mol. The van der Waals surface area contributed by atoms with Gasteiger partial charge in [0.1, 0.15) is 18.3 Å². The number of hydrogen-bond acceptors (Lipinski definition) is 7. The topological polar surface area (TPSA) is 88.1 Å². The van der Waals surface area contributed by atoms with Crippen molar-refractivity contribution in [3.8, 4) is 0 Å². The maximum atomic E-state index is 12.4. The number of benzene rings is 1. The van der Waals surface area contributed by atoms with Crippen LogP contribution in [-0.4, -0.2) is 61.0 Å². The number of ether oxygens (including phenoxy) is 3. The molecule has 0 saturated carbocycles. The fourth-order valence-electron chi connectivity index (χ4n) is 2.03. The zero-order chi connectivity index (χ0) is 17.5. The largest absolute Gasteiger partial charge is 0.382 e. The molecule has 1 aromatic carbocycles. The Kier molecular flexibility index (Phi) is 7.80. The summed E-state index contributed by atoms with van der Waals surface area (Å²) >= 11 is 0. The van der Waals surface area contributed by atoms with Gasteiger partial charge in [0.05, 0.1) is 11.5 Å². The summed E-state index contributed by atoms with van der Waals surface area (Å²) in [4.78, 5) is 11.1. The maximum Gasteiger partial charge on any atom is 0.297 e. The van der Waals surface area contributed by atoms with Gasteiger partial charge in [-0.05, 0) is 19.1 Å². The van der Waals surface area contributed by atoms with E-state index in [1.165, 1.54) is 33.5 Å². The monoisotopic (exact) mass is 346 g/mol. The molecule has 0 heterocycles. The number of carbonyl (C=O) groups excluding carboxylic acids is 1. The van der Waals surface area contributed by atoms with Crippen LogP contribution in [0.25, 0.3) is 0 Å². The molecule has 0 aliphatic carbocycles. The zero-order valence-electron chi connectivity index (χ0n) is 13.6. The van der Waals surface area contributed by atoms with Crippen molar-refractivity contribution >= 4 is 16.4 Å². The van der Waals surface area contributed by atoms with Gasteiger partial charge in [0.2, 0.25) is 0 Å². The molecule has 0 amide bonds. The quantitative estimate of drug-likeness (QED) is 0.460. The first-order chi connectivity index (χ1) is 10.9. The van der Waals surface area contributed by atoms with Crippen molar-refractivity contribution in [3.63, 3.8) is 0 Å². The van der Waals surface area contributed by atoms with Gasteiger partial charge in [0, 0.05) is 21.3 Å². The van der Waals surface area contributed by atoms with E-state index >= 15 is 0 Å². The predicted octanol–water partition coefficient (Wildman–Crippen LogP) is 0.944. The molecule has 0 fully saturated rings. The van der Waals surface area contributed by atoms with Crippen molar-refractivity contribution < 1.29 is 31.6 Å². The van der Waals surface area contributed by atoms with Crippen molar-refractivity contribution in [1.29, 1.82) is 0 Å². The van der Waals surface area contributed by atoms with Crippen LogP contribution in [0.5, 0.6) is 0 Å². The van der Waals surface area contributed by atoms with Gasteiger partial charge in [-0.3, -0.25) is 4.18 Å². The highest BCUT2D eigenvalue weighted by Crippen LogP contribution is 2.19. The van der Waals surface area contributed by atoms with Crippen LogP contribution in [-0.2, 0) is 33.3 Å². The van der Waals surface area contributed by atoms with Crippen LogP contribution in [0.2, 0.25) is 0 Å². The van der Waals surface area contributed by atoms with Gasteiger partial charge < -0.3 is 19.0 Å². The van der Waals surface area contributed by atoms with E-state index in [1.807, 2.05) is 6.92 Å². The Balaban J connectivity index is 3.05. The summed E-state index contributed by atoms with van der Waals surface area (Å²) in [6, 6.07) is 6.23. The third-order valence-electron chi connectivity index (χ3n) is 3.26. The molecule has 0 radical (unpaired) electrons. The summed E-state index contributed by atoms with van der Waals surface area (Å²) in [6.07, 6.45) is -2.42. The van der Waals surface area contributed by atoms with Crippen molar-refractivity contribution in [2.45, 2.75) is 30.1 Å². The van der Waals surface area contributed by atoms with E-state index in [4.69, 9.17) is 18.4 Å². The fourth-order valence-corrected chi connectivity index (χ4v) is 3.10. The Labute approximate surface area is 136 Å². The lowest BCUT2D eigenvalue weighted by Crippen LogP contribution is -2.45. The third-order valence-corrected chi connectivity index (χ3v) is 4.61. The van der Waals surface area contributed by atoms with E-state index in [0.29, 0.717) is 6.29 Å². The smallest absolute Gasteiger partial charge is 0.297 e. The Morgan fingerprint density at radius 2 is 1.70 bits per heavy atom. The lowest BCUT2D eigenvalue weighted by Gasteiger charge is -2.28. The minimum Gasteiger partial charge on any atom is -0.382 e. The second-order valence-corrected chi connectivity index (χ2v) is 6.47. The maximum absolute atomic E-state index is 12.4. The Bertz CT molecular complexity index is 582. The molecule has 1 rings (SSSR count). The molecule has 8 heteroatoms. The van der Waals surface area contributed by atoms with E-state index in [9.17, 15) is 13.2 Å². The minimum absolute atomic E-state index is 0.0131. The molecule has 0 aliphatic heterocycles.